The molecule has 4 saturated carbocycles. The second-order valence-corrected chi connectivity index (χ2v) is 36.9. The van der Waals surface area contributed by atoms with Crippen LogP contribution in [0.1, 0.15) is 263 Å². The van der Waals surface area contributed by atoms with Gasteiger partial charge in [0.1, 0.15) is 26.4 Å². The first kappa shape index (κ1) is 104. The van der Waals surface area contributed by atoms with Crippen molar-refractivity contribution in [2.75, 3.05) is 0 Å². The van der Waals surface area contributed by atoms with Crippen molar-refractivity contribution in [2.24, 2.45) is 23.7 Å². The molecule has 0 amide bonds. The van der Waals surface area contributed by atoms with Gasteiger partial charge >= 0.3 is 0 Å². The van der Waals surface area contributed by atoms with Gasteiger partial charge in [-0.15, -0.1) is 0 Å². The van der Waals surface area contributed by atoms with E-state index in [0.717, 1.165) is 121 Å². The van der Waals surface area contributed by atoms with E-state index in [1.54, 1.807) is 0 Å². The van der Waals surface area contributed by atoms with Crippen LogP contribution in [0.2, 0.25) is 0 Å². The van der Waals surface area contributed by atoms with E-state index in [-0.39, 0.29) is 22.3 Å². The van der Waals surface area contributed by atoms with Gasteiger partial charge in [0.05, 0.1) is 0 Å². The Morgan fingerprint density at radius 2 is 0.391 bits per heavy atom. The van der Waals surface area contributed by atoms with Crippen LogP contribution in [0.25, 0.3) is 44.5 Å². The highest BCUT2D eigenvalue weighted by molar-refractivity contribution is 5.69. The van der Waals surface area contributed by atoms with E-state index in [4.69, 9.17) is 18.9 Å². The standard InChI is InChI=1S/C30H31F5O.C29H29F5O.C28H27F5O.C27H25F5O/c1-2-3-4-5-19-6-8-21(9-7-19)22-10-12-23(13-11-22)24-16-27(33)30(28(34)17-24)36-18-20-14-25(31)29(35)26(32)15-20;1-2-3-4-18-5-7-20(8-6-18)21-9-11-22(12-10-21)23-15-26(32)29(27(33)16-23)35-17-19-13-24(30)28(34)25(31)14-19;1-2-3-17-4-6-19(7-5-17)20-8-10-21(11-9-20)22-14-25(31)28(26(32)15-22)34-16-18-12-23(29)27(33)24(30)13-18;1-2-16-3-5-18(6-4-16)19-7-9-20(10-8-19)21-13-24(30)27(25(31)14-21)33-15-17-11-22(28)26(32)23(29)12-17/h10-17,19,21H,2-9,18H2,1H3;9-16,18,20H,2-8,17H2,1H3;8-15,17,19H,2-7,16H2,1H3;7-14,16,18H,2-6,15H2,1H3. The topological polar surface area (TPSA) is 36.9 Å². The van der Waals surface area contributed by atoms with Gasteiger partial charge in [-0.2, -0.15) is 0 Å². The minimum absolute atomic E-state index is 0.0835. The molecule has 4 aliphatic carbocycles. The Morgan fingerprint density at radius 1 is 0.196 bits per heavy atom. The Kier molecular flexibility index (Phi) is 37.1. The largest absolute Gasteiger partial charge is 0.483 e. The van der Waals surface area contributed by atoms with Crippen LogP contribution in [0.3, 0.4) is 0 Å². The van der Waals surface area contributed by atoms with Gasteiger partial charge in [0.2, 0.25) is 0 Å². The molecule has 0 saturated heterocycles. The maximum atomic E-state index is 14.7. The quantitative estimate of drug-likeness (QED) is 0.0255. The summed E-state index contributed by atoms with van der Waals surface area (Å²) >= 11 is 0. The molecule has 138 heavy (non-hydrogen) atoms. The molecular formula is C114H112F20O4. The highest BCUT2D eigenvalue weighted by Gasteiger charge is 2.30. The van der Waals surface area contributed by atoms with Crippen molar-refractivity contribution in [3.05, 3.63) is 355 Å². The summed E-state index contributed by atoms with van der Waals surface area (Å²) in [6.07, 6.45) is 32.1. The molecule has 0 radical (unpaired) electrons. The Labute approximate surface area is 793 Å². The van der Waals surface area contributed by atoms with Gasteiger partial charge in [0.25, 0.3) is 0 Å². The van der Waals surface area contributed by atoms with E-state index in [2.05, 4.69) is 27.7 Å². The summed E-state index contributed by atoms with van der Waals surface area (Å²) < 4.78 is 297. The van der Waals surface area contributed by atoms with Crippen LogP contribution in [0.4, 0.5) is 87.8 Å². The lowest BCUT2D eigenvalue weighted by molar-refractivity contribution is 0.272. The second-order valence-electron chi connectivity index (χ2n) is 36.9. The predicted octanol–water partition coefficient (Wildman–Crippen LogP) is 35.6. The molecule has 0 N–H and O–H groups in total. The van der Waals surface area contributed by atoms with E-state index in [1.165, 1.54) is 188 Å². The summed E-state index contributed by atoms with van der Waals surface area (Å²) in [5.41, 5.74) is 8.81. The summed E-state index contributed by atoms with van der Waals surface area (Å²) in [5.74, 6) is -22.3. The van der Waals surface area contributed by atoms with Crippen LogP contribution in [-0.2, 0) is 26.4 Å². The van der Waals surface area contributed by atoms with Gasteiger partial charge < -0.3 is 18.9 Å². The fourth-order valence-electron chi connectivity index (χ4n) is 19.5. The molecule has 0 heterocycles. The zero-order valence-corrected chi connectivity index (χ0v) is 77.5. The third kappa shape index (κ3) is 27.5. The zero-order chi connectivity index (χ0) is 98.4. The summed E-state index contributed by atoms with van der Waals surface area (Å²) in [6.45, 7) is 6.85. The summed E-state index contributed by atoms with van der Waals surface area (Å²) in [7, 11) is 0. The Bertz CT molecular complexity index is 5850. The minimum atomic E-state index is -1.61. The zero-order valence-electron chi connectivity index (χ0n) is 77.5. The molecule has 0 spiro atoms. The van der Waals surface area contributed by atoms with Gasteiger partial charge in [0.15, 0.2) is 139 Å². The normalized spacial score (nSPS) is 18.1. The average molecular weight is 1930 g/mol. The van der Waals surface area contributed by atoms with Crippen molar-refractivity contribution in [1.82, 2.24) is 0 Å². The lowest BCUT2D eigenvalue weighted by Crippen LogP contribution is -2.13. The van der Waals surface area contributed by atoms with Crippen molar-refractivity contribution in [1.29, 1.82) is 0 Å². The number of benzene rings is 12. The molecule has 4 aliphatic rings. The van der Waals surface area contributed by atoms with Crippen molar-refractivity contribution in [2.45, 2.75) is 245 Å². The second kappa shape index (κ2) is 49.3. The predicted molar refractivity (Wildman–Crippen MR) is 497 cm³/mol. The molecule has 0 atom stereocenters. The van der Waals surface area contributed by atoms with E-state index >= 15 is 0 Å². The maximum absolute atomic E-state index is 14.7. The first-order valence-corrected chi connectivity index (χ1v) is 47.8. The molecule has 24 heteroatoms. The van der Waals surface area contributed by atoms with Gasteiger partial charge in [-0.05, 0) is 336 Å². The van der Waals surface area contributed by atoms with Crippen molar-refractivity contribution < 1.29 is 107 Å². The third-order valence-corrected chi connectivity index (χ3v) is 27.4. The average Bonchev–Trinajstić information content (AvgIpc) is 0.813. The smallest absolute Gasteiger partial charge is 0.194 e. The third-order valence-electron chi connectivity index (χ3n) is 27.4. The van der Waals surface area contributed by atoms with Crippen LogP contribution in [0.15, 0.2) is 194 Å². The molecule has 4 nitrogen and oxygen atoms in total. The van der Waals surface area contributed by atoms with E-state index in [1.807, 2.05) is 97.1 Å². The highest BCUT2D eigenvalue weighted by atomic mass is 19.2. The molecule has 16 rings (SSSR count). The molecule has 12 aromatic carbocycles. The van der Waals surface area contributed by atoms with E-state index in [0.29, 0.717) is 68.2 Å². The Hall–Kier alpha value is -11.6. The summed E-state index contributed by atoms with van der Waals surface area (Å²) in [5, 5.41) is 0. The fourth-order valence-corrected chi connectivity index (χ4v) is 19.5. The van der Waals surface area contributed by atoms with Gasteiger partial charge in [-0.25, -0.2) is 87.8 Å². The molecule has 0 unspecified atom stereocenters. The number of ether oxygens (including phenoxy) is 4. The van der Waals surface area contributed by atoms with Gasteiger partial charge in [-0.1, -0.05) is 189 Å². The molecule has 4 fully saturated rings. The minimum Gasteiger partial charge on any atom is -0.483 e. The number of hydrogen-bond acceptors (Lipinski definition) is 4. The first-order chi connectivity index (χ1) is 66.4. The van der Waals surface area contributed by atoms with Crippen LogP contribution in [0, 0.1) is 140 Å². The fraction of sp³-hybridized carbons (Fsp3) is 0.368. The van der Waals surface area contributed by atoms with Crippen LogP contribution in [0.5, 0.6) is 23.0 Å². The lowest BCUT2D eigenvalue weighted by atomic mass is 9.77. The number of unbranched alkanes of at least 4 members (excludes halogenated alkanes) is 3. The summed E-state index contributed by atoms with van der Waals surface area (Å²) in [6, 6.07) is 46.3. The molecule has 0 bridgehead atoms. The Morgan fingerprint density at radius 3 is 0.587 bits per heavy atom. The van der Waals surface area contributed by atoms with Crippen LogP contribution >= 0.6 is 0 Å². The van der Waals surface area contributed by atoms with Crippen molar-refractivity contribution in [3.8, 4) is 67.5 Å². The molecule has 12 aromatic rings. The number of hydrogen-bond donors (Lipinski definition) is 0. The molecule has 0 aliphatic heterocycles. The first-order valence-electron chi connectivity index (χ1n) is 47.8. The number of rotatable bonds is 30. The molecule has 0 aromatic heterocycles. The van der Waals surface area contributed by atoms with Gasteiger partial charge in [-0.3, -0.25) is 0 Å². The van der Waals surface area contributed by atoms with E-state index in [9.17, 15) is 87.8 Å². The highest BCUT2D eigenvalue weighted by Crippen LogP contribution is 2.45. The van der Waals surface area contributed by atoms with Crippen molar-refractivity contribution >= 4 is 0 Å². The van der Waals surface area contributed by atoms with Crippen LogP contribution in [-0.4, -0.2) is 0 Å². The molecule has 732 valence electrons. The van der Waals surface area contributed by atoms with Crippen molar-refractivity contribution in [3.63, 3.8) is 0 Å². The van der Waals surface area contributed by atoms with E-state index < -0.39 is 166 Å². The number of halogens is 20. The molecular weight excluding hydrogens is 1810 g/mol. The lowest BCUT2D eigenvalue weighted by Gasteiger charge is -2.29. The maximum Gasteiger partial charge on any atom is 0.194 e. The van der Waals surface area contributed by atoms with Gasteiger partial charge in [0, 0.05) is 0 Å². The Balaban J connectivity index is 0.000000155. The SMILES string of the molecule is CCC1CCC(c2ccc(-c3cc(F)c(OCc4cc(F)c(F)c(F)c4)c(F)c3)cc2)CC1.CCCC1CCC(c2ccc(-c3cc(F)c(OCc4cc(F)c(F)c(F)c4)c(F)c3)cc2)CC1.CCCCC1CCC(c2ccc(-c3cc(F)c(OCc4cc(F)c(F)c(F)c4)c(F)c3)cc2)CC1.CCCCCC1CCC(c2ccc(-c3cc(F)c(OCc4cc(F)c(F)c(F)c4)c(F)c3)cc2)CC1. The van der Waals surface area contributed by atoms with Crippen LogP contribution < -0.4 is 18.9 Å². The monoisotopic (exact) mass is 1920 g/mol. The summed E-state index contributed by atoms with van der Waals surface area (Å²) in [4.78, 5) is 0.